The second-order valence-corrected chi connectivity index (χ2v) is 6.55. The van der Waals surface area contributed by atoms with E-state index < -0.39 is 6.09 Å². The van der Waals surface area contributed by atoms with Gasteiger partial charge in [-0.15, -0.1) is 0 Å². The lowest BCUT2D eigenvalue weighted by molar-refractivity contribution is 0.119. The van der Waals surface area contributed by atoms with E-state index in [2.05, 4.69) is 38.1 Å². The van der Waals surface area contributed by atoms with Crippen LogP contribution in [0.25, 0.3) is 0 Å². The van der Waals surface area contributed by atoms with Crippen LogP contribution in [0.15, 0.2) is 15.8 Å². The van der Waals surface area contributed by atoms with Crippen molar-refractivity contribution >= 4 is 39.6 Å². The number of thioether (sulfide) groups is 1. The smallest absolute Gasteiger partial charge is 0.407 e. The number of nitrogens with zero attached hydrogens (tertiary/aromatic N) is 3. The molecule has 0 aliphatic carbocycles. The van der Waals surface area contributed by atoms with Crippen LogP contribution < -0.4 is 5.32 Å². The summed E-state index contributed by atoms with van der Waals surface area (Å²) in [5.74, 6) is 1.05. The van der Waals surface area contributed by atoms with Crippen LogP contribution in [0.5, 0.6) is 0 Å². The average Bonchev–Trinajstić information content (AvgIpc) is 2.40. The highest BCUT2D eigenvalue weighted by atomic mass is 79.9. The molecule has 2 rings (SSSR count). The predicted octanol–water partition coefficient (Wildman–Crippen LogP) is 2.76. The van der Waals surface area contributed by atoms with Gasteiger partial charge in [0.2, 0.25) is 0 Å². The third-order valence-corrected chi connectivity index (χ3v) is 4.32. The number of hydrogen-bond acceptors (Lipinski definition) is 5. The van der Waals surface area contributed by atoms with Crippen molar-refractivity contribution < 1.29 is 9.90 Å². The fourth-order valence-corrected chi connectivity index (χ4v) is 3.00. The first-order chi connectivity index (χ1) is 9.49. The Morgan fingerprint density at radius 3 is 3.00 bits per heavy atom. The minimum absolute atomic E-state index is 0.0655. The molecule has 1 fully saturated rings. The average molecular weight is 361 g/mol. The molecule has 0 aromatic carbocycles. The standard InChI is InChI=1S/C12H17BrN4O2S/c1-7-3-8(6-17(5-7)12(18)19)15-10-9(13)4-14-11(16-10)20-2/h4,7-8H,3,5-6H2,1-2H3,(H,18,19)(H,14,15,16). The molecule has 2 heterocycles. The maximum atomic E-state index is 11.1. The SMILES string of the molecule is CSc1ncc(Br)c(NC2CC(C)CN(C(=O)O)C2)n1. The summed E-state index contributed by atoms with van der Waals surface area (Å²) in [6.07, 6.45) is 3.69. The molecule has 0 radical (unpaired) electrons. The van der Waals surface area contributed by atoms with Gasteiger partial charge in [-0.1, -0.05) is 18.7 Å². The maximum absolute atomic E-state index is 11.1. The van der Waals surface area contributed by atoms with Crippen LogP contribution in [0.1, 0.15) is 13.3 Å². The number of likely N-dealkylation sites (tertiary alicyclic amines) is 1. The van der Waals surface area contributed by atoms with Gasteiger partial charge in [0, 0.05) is 25.3 Å². The lowest BCUT2D eigenvalue weighted by Gasteiger charge is -2.35. The van der Waals surface area contributed by atoms with E-state index in [0.717, 1.165) is 10.9 Å². The summed E-state index contributed by atoms with van der Waals surface area (Å²) < 4.78 is 0.787. The Balaban J connectivity index is 2.10. The molecular formula is C12H17BrN4O2S. The molecule has 6 nitrogen and oxygen atoms in total. The number of anilines is 1. The van der Waals surface area contributed by atoms with Gasteiger partial charge in [-0.2, -0.15) is 0 Å². The van der Waals surface area contributed by atoms with E-state index in [0.29, 0.717) is 30.0 Å². The van der Waals surface area contributed by atoms with Gasteiger partial charge in [0.1, 0.15) is 5.82 Å². The minimum atomic E-state index is -0.866. The number of piperidine rings is 1. The molecule has 1 amide bonds. The largest absolute Gasteiger partial charge is 0.465 e. The van der Waals surface area contributed by atoms with E-state index in [9.17, 15) is 4.79 Å². The van der Waals surface area contributed by atoms with Gasteiger partial charge in [0.15, 0.2) is 5.16 Å². The number of rotatable bonds is 3. The van der Waals surface area contributed by atoms with E-state index in [-0.39, 0.29) is 6.04 Å². The molecule has 20 heavy (non-hydrogen) atoms. The molecule has 1 saturated heterocycles. The first kappa shape index (κ1) is 15.4. The topological polar surface area (TPSA) is 78.4 Å². The van der Waals surface area contributed by atoms with Gasteiger partial charge < -0.3 is 15.3 Å². The second kappa shape index (κ2) is 6.62. The summed E-state index contributed by atoms with van der Waals surface area (Å²) in [6.45, 7) is 3.13. The highest BCUT2D eigenvalue weighted by Gasteiger charge is 2.28. The van der Waals surface area contributed by atoms with E-state index >= 15 is 0 Å². The van der Waals surface area contributed by atoms with Gasteiger partial charge in [0.05, 0.1) is 4.47 Å². The van der Waals surface area contributed by atoms with Crippen LogP contribution in [-0.2, 0) is 0 Å². The van der Waals surface area contributed by atoms with E-state index in [1.165, 1.54) is 16.7 Å². The van der Waals surface area contributed by atoms with Gasteiger partial charge in [-0.3, -0.25) is 0 Å². The molecule has 1 aliphatic rings. The zero-order chi connectivity index (χ0) is 14.7. The quantitative estimate of drug-likeness (QED) is 0.637. The van der Waals surface area contributed by atoms with Crippen molar-refractivity contribution in [2.75, 3.05) is 24.7 Å². The molecule has 110 valence electrons. The van der Waals surface area contributed by atoms with Crippen molar-refractivity contribution in [3.05, 3.63) is 10.7 Å². The molecule has 0 spiro atoms. The van der Waals surface area contributed by atoms with Crippen molar-refractivity contribution in [2.45, 2.75) is 24.5 Å². The van der Waals surface area contributed by atoms with Gasteiger partial charge in [0.25, 0.3) is 0 Å². The summed E-state index contributed by atoms with van der Waals surface area (Å²) in [6, 6.07) is 0.0655. The van der Waals surface area contributed by atoms with Crippen LogP contribution in [0.3, 0.4) is 0 Å². The molecular weight excluding hydrogens is 344 g/mol. The molecule has 2 atom stereocenters. The number of nitrogens with one attached hydrogen (secondary N) is 1. The Bertz CT molecular complexity index is 502. The van der Waals surface area contributed by atoms with Crippen LogP contribution in [0.2, 0.25) is 0 Å². The molecule has 1 aromatic rings. The summed E-state index contributed by atoms with van der Waals surface area (Å²) >= 11 is 4.89. The number of amides is 1. The number of carbonyl (C=O) groups is 1. The normalized spacial score (nSPS) is 22.6. The number of aromatic nitrogens is 2. The van der Waals surface area contributed by atoms with Gasteiger partial charge in [-0.05, 0) is 34.5 Å². The number of halogens is 1. The minimum Gasteiger partial charge on any atom is -0.465 e. The molecule has 0 saturated carbocycles. The molecule has 1 aliphatic heterocycles. The van der Waals surface area contributed by atoms with Crippen LogP contribution in [-0.4, -0.2) is 51.5 Å². The highest BCUT2D eigenvalue weighted by molar-refractivity contribution is 9.10. The Morgan fingerprint density at radius 2 is 2.35 bits per heavy atom. The monoisotopic (exact) mass is 360 g/mol. The van der Waals surface area contributed by atoms with Crippen molar-refractivity contribution in [1.29, 1.82) is 0 Å². The highest BCUT2D eigenvalue weighted by Crippen LogP contribution is 2.25. The Labute approximate surface area is 130 Å². The fraction of sp³-hybridized carbons (Fsp3) is 0.583. The Kier molecular flexibility index (Phi) is 5.09. The van der Waals surface area contributed by atoms with Crippen molar-refractivity contribution in [1.82, 2.24) is 14.9 Å². The first-order valence-corrected chi connectivity index (χ1v) is 8.32. The number of carboxylic acid groups (broad SMARTS) is 1. The summed E-state index contributed by atoms with van der Waals surface area (Å²) in [7, 11) is 0. The third kappa shape index (κ3) is 3.76. The Morgan fingerprint density at radius 1 is 1.60 bits per heavy atom. The van der Waals surface area contributed by atoms with Crippen molar-refractivity contribution in [3.63, 3.8) is 0 Å². The maximum Gasteiger partial charge on any atom is 0.407 e. The van der Waals surface area contributed by atoms with Gasteiger partial charge in [-0.25, -0.2) is 14.8 Å². The molecule has 2 N–H and O–H groups in total. The van der Waals surface area contributed by atoms with Gasteiger partial charge >= 0.3 is 6.09 Å². The van der Waals surface area contributed by atoms with E-state index in [1.54, 1.807) is 6.20 Å². The van der Waals surface area contributed by atoms with Crippen molar-refractivity contribution in [2.24, 2.45) is 5.92 Å². The molecule has 8 heteroatoms. The van der Waals surface area contributed by atoms with E-state index in [1.807, 2.05) is 6.26 Å². The summed E-state index contributed by atoms with van der Waals surface area (Å²) in [4.78, 5) is 21.2. The summed E-state index contributed by atoms with van der Waals surface area (Å²) in [5.41, 5.74) is 0. The first-order valence-electron chi connectivity index (χ1n) is 6.30. The zero-order valence-corrected chi connectivity index (χ0v) is 13.7. The zero-order valence-electron chi connectivity index (χ0n) is 11.3. The van der Waals surface area contributed by atoms with Crippen LogP contribution >= 0.6 is 27.7 Å². The number of hydrogen-bond donors (Lipinski definition) is 2. The predicted molar refractivity (Wildman–Crippen MR) is 82.3 cm³/mol. The third-order valence-electron chi connectivity index (χ3n) is 3.18. The van der Waals surface area contributed by atoms with Crippen LogP contribution in [0.4, 0.5) is 10.6 Å². The van der Waals surface area contributed by atoms with Crippen molar-refractivity contribution in [3.8, 4) is 0 Å². The van der Waals surface area contributed by atoms with E-state index in [4.69, 9.17) is 5.11 Å². The molecule has 2 unspecified atom stereocenters. The molecule has 1 aromatic heterocycles. The molecule has 0 bridgehead atoms. The lowest BCUT2D eigenvalue weighted by atomic mass is 9.96. The summed E-state index contributed by atoms with van der Waals surface area (Å²) in [5, 5.41) is 13.1. The van der Waals surface area contributed by atoms with Crippen LogP contribution in [0, 0.1) is 5.92 Å². The fourth-order valence-electron chi connectivity index (χ4n) is 2.36. The Hall–Kier alpha value is -1.02. The second-order valence-electron chi connectivity index (χ2n) is 4.92. The lowest BCUT2D eigenvalue weighted by Crippen LogP contribution is -2.47.